The fourth-order valence-corrected chi connectivity index (χ4v) is 1.78. The van der Waals surface area contributed by atoms with Gasteiger partial charge in [-0.2, -0.15) is 0 Å². The summed E-state index contributed by atoms with van der Waals surface area (Å²) in [6.07, 6.45) is 1.29. The maximum absolute atomic E-state index is 9.71. The first kappa shape index (κ1) is 15.0. The van der Waals surface area contributed by atoms with E-state index in [4.69, 9.17) is 9.47 Å². The van der Waals surface area contributed by atoms with Gasteiger partial charge >= 0.3 is 0 Å². The van der Waals surface area contributed by atoms with Crippen molar-refractivity contribution in [2.24, 2.45) is 5.92 Å². The number of hydrogen-bond donors (Lipinski definition) is 1. The van der Waals surface area contributed by atoms with Crippen molar-refractivity contribution in [3.63, 3.8) is 0 Å². The van der Waals surface area contributed by atoms with E-state index >= 15 is 0 Å². The summed E-state index contributed by atoms with van der Waals surface area (Å²) in [5, 5.41) is 9.71. The maximum atomic E-state index is 9.71. The van der Waals surface area contributed by atoms with E-state index in [1.165, 1.54) is 5.56 Å². The summed E-state index contributed by atoms with van der Waals surface area (Å²) in [4.78, 5) is 0. The van der Waals surface area contributed by atoms with Crippen LogP contribution in [0.25, 0.3) is 0 Å². The van der Waals surface area contributed by atoms with Crippen LogP contribution >= 0.6 is 0 Å². The molecule has 0 saturated carbocycles. The molecular weight excluding hydrogens is 228 g/mol. The molecule has 1 atom stereocenters. The van der Waals surface area contributed by atoms with E-state index in [2.05, 4.69) is 13.8 Å². The monoisotopic (exact) mass is 252 g/mol. The van der Waals surface area contributed by atoms with Gasteiger partial charge in [-0.3, -0.25) is 0 Å². The molecule has 0 spiro atoms. The number of aliphatic hydroxyl groups excluding tert-OH is 1. The lowest BCUT2D eigenvalue weighted by Crippen LogP contribution is -2.19. The van der Waals surface area contributed by atoms with Crippen LogP contribution in [0.15, 0.2) is 24.3 Å². The summed E-state index contributed by atoms with van der Waals surface area (Å²) in [7, 11) is 1.70. The zero-order valence-corrected chi connectivity index (χ0v) is 11.6. The van der Waals surface area contributed by atoms with Crippen LogP contribution in [0.5, 0.6) is 5.75 Å². The van der Waals surface area contributed by atoms with Crippen LogP contribution in [-0.4, -0.2) is 31.5 Å². The highest BCUT2D eigenvalue weighted by atomic mass is 16.5. The van der Waals surface area contributed by atoms with Crippen LogP contribution in [0.3, 0.4) is 0 Å². The maximum Gasteiger partial charge on any atom is 0.119 e. The second-order valence-electron chi connectivity index (χ2n) is 4.98. The standard InChI is InChI=1S/C15H24O3/c1-12(2)10-14(16)11-18-15-6-4-13(5-7-15)8-9-17-3/h4-7,12,14,16H,8-11H2,1-3H3. The van der Waals surface area contributed by atoms with E-state index in [1.54, 1.807) is 7.11 Å². The molecule has 0 amide bonds. The number of methoxy groups -OCH3 is 1. The van der Waals surface area contributed by atoms with Gasteiger partial charge < -0.3 is 14.6 Å². The normalized spacial score (nSPS) is 12.7. The topological polar surface area (TPSA) is 38.7 Å². The van der Waals surface area contributed by atoms with Crippen LogP contribution in [0.2, 0.25) is 0 Å². The summed E-state index contributed by atoms with van der Waals surface area (Å²) < 4.78 is 10.6. The fourth-order valence-electron chi connectivity index (χ4n) is 1.78. The predicted octanol–water partition coefficient (Wildman–Crippen LogP) is 2.66. The van der Waals surface area contributed by atoms with Crippen molar-refractivity contribution in [3.8, 4) is 5.75 Å². The lowest BCUT2D eigenvalue weighted by molar-refractivity contribution is 0.0892. The summed E-state index contributed by atoms with van der Waals surface area (Å²) in [5.41, 5.74) is 1.23. The third-order valence-electron chi connectivity index (χ3n) is 2.70. The summed E-state index contributed by atoms with van der Waals surface area (Å²) in [6.45, 7) is 5.27. The highest BCUT2D eigenvalue weighted by molar-refractivity contribution is 5.27. The van der Waals surface area contributed by atoms with Gasteiger partial charge in [0, 0.05) is 7.11 Å². The molecule has 3 heteroatoms. The van der Waals surface area contributed by atoms with Crippen LogP contribution in [0, 0.1) is 5.92 Å². The minimum absolute atomic E-state index is 0.357. The number of aliphatic hydroxyl groups is 1. The molecular formula is C15H24O3. The summed E-state index contributed by atoms with van der Waals surface area (Å²) in [6, 6.07) is 7.94. The van der Waals surface area contributed by atoms with E-state index in [0.29, 0.717) is 12.5 Å². The molecule has 102 valence electrons. The zero-order chi connectivity index (χ0) is 13.4. The minimum Gasteiger partial charge on any atom is -0.491 e. The van der Waals surface area contributed by atoms with Gasteiger partial charge in [0.2, 0.25) is 0 Å². The average molecular weight is 252 g/mol. The Bertz CT molecular complexity index is 319. The molecule has 3 nitrogen and oxygen atoms in total. The number of rotatable bonds is 8. The Labute approximate surface area is 110 Å². The molecule has 1 aromatic rings. The molecule has 0 radical (unpaired) electrons. The number of hydrogen-bond acceptors (Lipinski definition) is 3. The van der Waals surface area contributed by atoms with Crippen molar-refractivity contribution in [1.29, 1.82) is 0 Å². The predicted molar refractivity (Wildman–Crippen MR) is 73.0 cm³/mol. The van der Waals surface area contributed by atoms with Gasteiger partial charge in [0.1, 0.15) is 12.4 Å². The third kappa shape index (κ3) is 6.03. The van der Waals surface area contributed by atoms with Crippen LogP contribution < -0.4 is 4.74 Å². The van der Waals surface area contributed by atoms with E-state index in [1.807, 2.05) is 24.3 Å². The molecule has 0 aromatic heterocycles. The Kier molecular flexibility index (Phi) is 6.76. The Morgan fingerprint density at radius 1 is 1.17 bits per heavy atom. The van der Waals surface area contributed by atoms with Crippen molar-refractivity contribution in [1.82, 2.24) is 0 Å². The van der Waals surface area contributed by atoms with Gasteiger partial charge in [-0.1, -0.05) is 26.0 Å². The Balaban J connectivity index is 2.34. The highest BCUT2D eigenvalue weighted by Gasteiger charge is 2.07. The highest BCUT2D eigenvalue weighted by Crippen LogP contribution is 2.14. The molecule has 0 aliphatic carbocycles. The van der Waals surface area contributed by atoms with Crippen molar-refractivity contribution in [2.75, 3.05) is 20.3 Å². The number of ether oxygens (including phenoxy) is 2. The van der Waals surface area contributed by atoms with Gasteiger partial charge in [-0.25, -0.2) is 0 Å². The van der Waals surface area contributed by atoms with Crippen LogP contribution in [-0.2, 0) is 11.2 Å². The molecule has 0 fully saturated rings. The fraction of sp³-hybridized carbons (Fsp3) is 0.600. The number of benzene rings is 1. The van der Waals surface area contributed by atoms with E-state index < -0.39 is 6.10 Å². The minimum atomic E-state index is -0.391. The quantitative estimate of drug-likeness (QED) is 0.773. The van der Waals surface area contributed by atoms with E-state index in [-0.39, 0.29) is 0 Å². The lowest BCUT2D eigenvalue weighted by atomic mass is 10.1. The molecule has 1 aromatic carbocycles. The molecule has 1 rings (SSSR count). The molecule has 0 aliphatic heterocycles. The molecule has 0 heterocycles. The largest absolute Gasteiger partial charge is 0.491 e. The molecule has 0 aliphatic rings. The summed E-state index contributed by atoms with van der Waals surface area (Å²) >= 11 is 0. The first-order valence-corrected chi connectivity index (χ1v) is 6.50. The van der Waals surface area contributed by atoms with E-state index in [9.17, 15) is 5.11 Å². The Morgan fingerprint density at radius 2 is 1.83 bits per heavy atom. The third-order valence-corrected chi connectivity index (χ3v) is 2.70. The van der Waals surface area contributed by atoms with Crippen molar-refractivity contribution in [3.05, 3.63) is 29.8 Å². The van der Waals surface area contributed by atoms with Gasteiger partial charge in [0.15, 0.2) is 0 Å². The first-order chi connectivity index (χ1) is 8.61. The SMILES string of the molecule is COCCc1ccc(OCC(O)CC(C)C)cc1. The van der Waals surface area contributed by atoms with Gasteiger partial charge in [-0.15, -0.1) is 0 Å². The lowest BCUT2D eigenvalue weighted by Gasteiger charge is -2.14. The molecule has 0 bridgehead atoms. The van der Waals surface area contributed by atoms with Crippen LogP contribution in [0.1, 0.15) is 25.8 Å². The van der Waals surface area contributed by atoms with E-state index in [0.717, 1.165) is 25.2 Å². The average Bonchev–Trinajstić information content (AvgIpc) is 2.34. The van der Waals surface area contributed by atoms with Crippen molar-refractivity contribution >= 4 is 0 Å². The molecule has 1 N–H and O–H groups in total. The van der Waals surface area contributed by atoms with Crippen molar-refractivity contribution < 1.29 is 14.6 Å². The van der Waals surface area contributed by atoms with Crippen molar-refractivity contribution in [2.45, 2.75) is 32.8 Å². The smallest absolute Gasteiger partial charge is 0.119 e. The first-order valence-electron chi connectivity index (χ1n) is 6.50. The second-order valence-corrected chi connectivity index (χ2v) is 4.98. The zero-order valence-electron chi connectivity index (χ0n) is 11.6. The molecule has 18 heavy (non-hydrogen) atoms. The summed E-state index contributed by atoms with van der Waals surface area (Å²) in [5.74, 6) is 1.29. The van der Waals surface area contributed by atoms with Gasteiger partial charge in [0.25, 0.3) is 0 Å². The van der Waals surface area contributed by atoms with Gasteiger partial charge in [0.05, 0.1) is 12.7 Å². The second kappa shape index (κ2) is 8.11. The van der Waals surface area contributed by atoms with Gasteiger partial charge in [-0.05, 0) is 36.5 Å². The Morgan fingerprint density at radius 3 is 2.39 bits per heavy atom. The molecule has 1 unspecified atom stereocenters. The molecule has 0 saturated heterocycles. The van der Waals surface area contributed by atoms with Crippen LogP contribution in [0.4, 0.5) is 0 Å². The Hall–Kier alpha value is -1.06.